The lowest BCUT2D eigenvalue weighted by molar-refractivity contribution is -0.117. The van der Waals surface area contributed by atoms with E-state index in [1.165, 1.54) is 5.56 Å². The molecule has 0 bridgehead atoms. The van der Waals surface area contributed by atoms with Gasteiger partial charge in [-0.15, -0.1) is 0 Å². The number of carbonyl (C=O) groups is 1. The van der Waals surface area contributed by atoms with E-state index >= 15 is 0 Å². The van der Waals surface area contributed by atoms with E-state index in [4.69, 9.17) is 0 Å². The summed E-state index contributed by atoms with van der Waals surface area (Å²) in [6.07, 6.45) is 2.64. The molecule has 1 aromatic rings. The van der Waals surface area contributed by atoms with Crippen molar-refractivity contribution in [2.24, 2.45) is 0 Å². The zero-order valence-corrected chi connectivity index (χ0v) is 11.3. The van der Waals surface area contributed by atoms with E-state index in [2.05, 4.69) is 28.1 Å². The van der Waals surface area contributed by atoms with Crippen LogP contribution < -0.4 is 0 Å². The molecule has 84 valence electrons. The number of Topliss-reactive ketones (excluding diaryl/α,β-unsaturated/α-hetero) is 1. The molecule has 1 rings (SSSR count). The molecule has 15 heavy (non-hydrogen) atoms. The van der Waals surface area contributed by atoms with E-state index < -0.39 is 0 Å². The second-order valence-corrected chi connectivity index (χ2v) is 4.10. The number of carbonyl (C=O) groups excluding carboxylic acids is 1. The van der Waals surface area contributed by atoms with Crippen LogP contribution in [0, 0.1) is 0 Å². The van der Waals surface area contributed by atoms with Crippen molar-refractivity contribution in [2.75, 3.05) is 0 Å². The Labute approximate surface area is 101 Å². The van der Waals surface area contributed by atoms with Gasteiger partial charge < -0.3 is 4.79 Å². The maximum absolute atomic E-state index is 10.7. The van der Waals surface area contributed by atoms with Crippen LogP contribution in [0.25, 0.3) is 0 Å². The third kappa shape index (κ3) is 7.32. The Morgan fingerprint density at radius 3 is 2.20 bits per heavy atom. The summed E-state index contributed by atoms with van der Waals surface area (Å²) in [5, 5.41) is 0. The fraction of sp³-hybridized carbons (Fsp3) is 0.462. The first-order valence-electron chi connectivity index (χ1n) is 5.42. The fourth-order valence-corrected chi connectivity index (χ4v) is 1.46. The van der Waals surface area contributed by atoms with Gasteiger partial charge >= 0.3 is 0 Å². The molecule has 0 spiro atoms. The lowest BCUT2D eigenvalue weighted by atomic mass is 10.1. The summed E-state index contributed by atoms with van der Waals surface area (Å²) in [6, 6.07) is 8.24. The van der Waals surface area contributed by atoms with Crippen LogP contribution in [-0.4, -0.2) is 5.78 Å². The molecule has 2 heteroatoms. The highest BCUT2D eigenvalue weighted by Gasteiger charge is 1.95. The van der Waals surface area contributed by atoms with Gasteiger partial charge in [-0.3, -0.25) is 0 Å². The van der Waals surface area contributed by atoms with Crippen molar-refractivity contribution in [3.63, 3.8) is 0 Å². The zero-order chi connectivity index (χ0) is 11.7. The quantitative estimate of drug-likeness (QED) is 0.793. The SMILES string of the molecule is CC.CC(=O)CCCc1ccc(Br)cc1. The Hall–Kier alpha value is -0.630. The average Bonchev–Trinajstić information content (AvgIpc) is 2.23. The van der Waals surface area contributed by atoms with Crippen molar-refractivity contribution >= 4 is 21.7 Å². The first-order chi connectivity index (χ1) is 7.18. The maximum Gasteiger partial charge on any atom is 0.129 e. The van der Waals surface area contributed by atoms with Gasteiger partial charge in [-0.1, -0.05) is 41.9 Å². The predicted molar refractivity (Wildman–Crippen MR) is 69.1 cm³/mol. The van der Waals surface area contributed by atoms with Crippen LogP contribution in [0.1, 0.15) is 39.2 Å². The minimum Gasteiger partial charge on any atom is -0.300 e. The number of aryl methyl sites for hydroxylation is 1. The summed E-state index contributed by atoms with van der Waals surface area (Å²) in [4.78, 5) is 10.7. The van der Waals surface area contributed by atoms with Crippen molar-refractivity contribution < 1.29 is 4.79 Å². The van der Waals surface area contributed by atoms with Crippen molar-refractivity contribution in [1.82, 2.24) is 0 Å². The average molecular weight is 271 g/mol. The van der Waals surface area contributed by atoms with Crippen molar-refractivity contribution in [3.8, 4) is 0 Å². The number of halogens is 1. The number of hydrogen-bond acceptors (Lipinski definition) is 1. The maximum atomic E-state index is 10.7. The number of hydrogen-bond donors (Lipinski definition) is 0. The second-order valence-electron chi connectivity index (χ2n) is 3.18. The highest BCUT2D eigenvalue weighted by Crippen LogP contribution is 2.12. The van der Waals surface area contributed by atoms with E-state index in [0.717, 1.165) is 17.3 Å². The van der Waals surface area contributed by atoms with Crippen LogP contribution in [0.15, 0.2) is 28.7 Å². The van der Waals surface area contributed by atoms with Gasteiger partial charge in [0.2, 0.25) is 0 Å². The van der Waals surface area contributed by atoms with Gasteiger partial charge in [0.15, 0.2) is 0 Å². The molecule has 0 heterocycles. The number of ketones is 1. The number of rotatable bonds is 4. The van der Waals surface area contributed by atoms with Crippen molar-refractivity contribution in [2.45, 2.75) is 40.0 Å². The van der Waals surface area contributed by atoms with E-state index in [-0.39, 0.29) is 5.78 Å². The van der Waals surface area contributed by atoms with Gasteiger partial charge in [0.25, 0.3) is 0 Å². The largest absolute Gasteiger partial charge is 0.300 e. The van der Waals surface area contributed by atoms with E-state index in [9.17, 15) is 4.79 Å². The summed E-state index contributed by atoms with van der Waals surface area (Å²) in [5.41, 5.74) is 1.30. The molecule has 0 unspecified atom stereocenters. The Bertz CT molecular complexity index is 277. The van der Waals surface area contributed by atoms with Crippen LogP contribution in [0.3, 0.4) is 0 Å². The van der Waals surface area contributed by atoms with Gasteiger partial charge in [0.05, 0.1) is 0 Å². The Morgan fingerprint density at radius 2 is 1.73 bits per heavy atom. The van der Waals surface area contributed by atoms with Gasteiger partial charge in [-0.2, -0.15) is 0 Å². The first kappa shape index (κ1) is 14.4. The standard InChI is InChI=1S/C11H13BrO.C2H6/c1-9(13)3-2-4-10-5-7-11(12)8-6-10;1-2/h5-8H,2-4H2,1H3;1-2H3. The van der Waals surface area contributed by atoms with Gasteiger partial charge in [-0.05, 0) is 37.5 Å². The smallest absolute Gasteiger partial charge is 0.129 e. The summed E-state index contributed by atoms with van der Waals surface area (Å²) < 4.78 is 1.10. The number of benzene rings is 1. The van der Waals surface area contributed by atoms with Crippen LogP contribution in [0.2, 0.25) is 0 Å². The molecule has 0 fully saturated rings. The molecular weight excluding hydrogens is 252 g/mol. The Balaban J connectivity index is 0.000000921. The van der Waals surface area contributed by atoms with E-state index in [1.54, 1.807) is 6.92 Å². The highest BCUT2D eigenvalue weighted by atomic mass is 79.9. The molecule has 0 aromatic heterocycles. The molecule has 0 N–H and O–H groups in total. The van der Waals surface area contributed by atoms with Crippen molar-refractivity contribution in [1.29, 1.82) is 0 Å². The Morgan fingerprint density at radius 1 is 1.20 bits per heavy atom. The molecule has 1 nitrogen and oxygen atoms in total. The van der Waals surface area contributed by atoms with Crippen LogP contribution >= 0.6 is 15.9 Å². The van der Waals surface area contributed by atoms with Gasteiger partial charge in [0.1, 0.15) is 5.78 Å². The lowest BCUT2D eigenvalue weighted by Crippen LogP contribution is -1.92. The highest BCUT2D eigenvalue weighted by molar-refractivity contribution is 9.10. The second kappa shape index (κ2) is 8.66. The first-order valence-corrected chi connectivity index (χ1v) is 6.21. The summed E-state index contributed by atoms with van der Waals surface area (Å²) >= 11 is 3.38. The molecule has 1 aromatic carbocycles. The lowest BCUT2D eigenvalue weighted by Gasteiger charge is -1.99. The van der Waals surface area contributed by atoms with Crippen LogP contribution in [-0.2, 0) is 11.2 Å². The summed E-state index contributed by atoms with van der Waals surface area (Å²) in [5.74, 6) is 0.275. The van der Waals surface area contributed by atoms with Gasteiger partial charge in [-0.25, -0.2) is 0 Å². The molecule has 0 atom stereocenters. The zero-order valence-electron chi connectivity index (χ0n) is 9.72. The fourth-order valence-electron chi connectivity index (χ4n) is 1.19. The summed E-state index contributed by atoms with van der Waals surface area (Å²) in [6.45, 7) is 5.64. The molecule has 0 aliphatic heterocycles. The third-order valence-electron chi connectivity index (χ3n) is 1.91. The molecular formula is C13H19BrO. The topological polar surface area (TPSA) is 17.1 Å². The predicted octanol–water partition coefficient (Wildman–Crippen LogP) is 4.39. The monoisotopic (exact) mass is 270 g/mol. The summed E-state index contributed by atoms with van der Waals surface area (Å²) in [7, 11) is 0. The molecule has 0 saturated carbocycles. The van der Waals surface area contributed by atoms with Gasteiger partial charge in [0, 0.05) is 10.9 Å². The minimum atomic E-state index is 0.275. The molecule has 0 radical (unpaired) electrons. The van der Waals surface area contributed by atoms with Crippen LogP contribution in [0.5, 0.6) is 0 Å². The molecule has 0 aliphatic carbocycles. The van der Waals surface area contributed by atoms with Crippen molar-refractivity contribution in [3.05, 3.63) is 34.3 Å². The minimum absolute atomic E-state index is 0.275. The van der Waals surface area contributed by atoms with E-state index in [1.807, 2.05) is 26.0 Å². The molecule has 0 saturated heterocycles. The molecule has 0 amide bonds. The Kier molecular flexibility index (Phi) is 8.30. The van der Waals surface area contributed by atoms with E-state index in [0.29, 0.717) is 6.42 Å². The van der Waals surface area contributed by atoms with Crippen LogP contribution in [0.4, 0.5) is 0 Å². The third-order valence-corrected chi connectivity index (χ3v) is 2.44. The molecule has 0 aliphatic rings. The normalized spacial score (nSPS) is 9.07.